The standard InChI is InChI=1S/C11H12N4O/c1-16-11-6-8(2-4-14-11)10-7-9(15-12)3-5-13-10/h2-7H,12H2,1H3,(H,13,15). The summed E-state index contributed by atoms with van der Waals surface area (Å²) in [5.41, 5.74) is 5.14. The van der Waals surface area contributed by atoms with E-state index >= 15 is 0 Å². The third kappa shape index (κ3) is 2.09. The normalized spacial score (nSPS) is 9.88. The van der Waals surface area contributed by atoms with Crippen molar-refractivity contribution in [3.05, 3.63) is 36.7 Å². The zero-order valence-corrected chi connectivity index (χ0v) is 8.84. The molecule has 0 fully saturated rings. The number of nitrogens with two attached hydrogens (primary N) is 1. The van der Waals surface area contributed by atoms with Crippen LogP contribution in [0, 0.1) is 0 Å². The van der Waals surface area contributed by atoms with Crippen LogP contribution in [0.2, 0.25) is 0 Å². The molecule has 0 aliphatic carbocycles. The monoisotopic (exact) mass is 216 g/mol. The number of ether oxygens (including phenoxy) is 1. The molecule has 2 rings (SSSR count). The van der Waals surface area contributed by atoms with Gasteiger partial charge in [-0.05, 0) is 18.2 Å². The maximum atomic E-state index is 5.34. The van der Waals surface area contributed by atoms with Gasteiger partial charge in [-0.1, -0.05) is 0 Å². The van der Waals surface area contributed by atoms with Crippen LogP contribution >= 0.6 is 0 Å². The summed E-state index contributed by atoms with van der Waals surface area (Å²) in [6, 6.07) is 7.34. The number of methoxy groups -OCH3 is 1. The molecule has 82 valence electrons. The molecule has 0 radical (unpaired) electrons. The maximum absolute atomic E-state index is 5.34. The zero-order chi connectivity index (χ0) is 11.4. The van der Waals surface area contributed by atoms with Crippen LogP contribution in [0.3, 0.4) is 0 Å². The van der Waals surface area contributed by atoms with Gasteiger partial charge >= 0.3 is 0 Å². The molecule has 2 aromatic rings. The van der Waals surface area contributed by atoms with Gasteiger partial charge in [0.25, 0.3) is 0 Å². The second-order valence-electron chi connectivity index (χ2n) is 3.16. The number of hydrazine groups is 1. The van der Waals surface area contributed by atoms with Crippen molar-refractivity contribution in [2.24, 2.45) is 5.84 Å². The van der Waals surface area contributed by atoms with Crippen LogP contribution in [-0.4, -0.2) is 17.1 Å². The fourth-order valence-electron chi connectivity index (χ4n) is 1.36. The Hall–Kier alpha value is -2.14. The second kappa shape index (κ2) is 4.59. The minimum absolute atomic E-state index is 0.561. The van der Waals surface area contributed by atoms with Crippen LogP contribution in [0.5, 0.6) is 5.88 Å². The molecule has 0 saturated carbocycles. The first kappa shape index (κ1) is 10.4. The number of rotatable bonds is 3. The fraction of sp³-hybridized carbons (Fsp3) is 0.0909. The predicted molar refractivity (Wildman–Crippen MR) is 61.8 cm³/mol. The van der Waals surface area contributed by atoms with Crippen LogP contribution in [0.1, 0.15) is 0 Å². The number of pyridine rings is 2. The summed E-state index contributed by atoms with van der Waals surface area (Å²) in [5.74, 6) is 5.90. The minimum atomic E-state index is 0.561. The third-order valence-electron chi connectivity index (χ3n) is 2.17. The lowest BCUT2D eigenvalue weighted by molar-refractivity contribution is 0.398. The van der Waals surface area contributed by atoms with E-state index in [2.05, 4.69) is 15.4 Å². The molecular formula is C11H12N4O. The maximum Gasteiger partial charge on any atom is 0.213 e. The molecule has 2 aromatic heterocycles. The van der Waals surface area contributed by atoms with E-state index in [9.17, 15) is 0 Å². The van der Waals surface area contributed by atoms with Crippen molar-refractivity contribution in [2.45, 2.75) is 0 Å². The van der Waals surface area contributed by atoms with Gasteiger partial charge in [-0.3, -0.25) is 10.8 Å². The summed E-state index contributed by atoms with van der Waals surface area (Å²) in [6.45, 7) is 0. The van der Waals surface area contributed by atoms with Gasteiger partial charge in [-0.15, -0.1) is 0 Å². The van der Waals surface area contributed by atoms with Gasteiger partial charge in [0.15, 0.2) is 0 Å². The van der Waals surface area contributed by atoms with Gasteiger partial charge in [-0.2, -0.15) is 0 Å². The molecule has 3 N–H and O–H groups in total. The van der Waals surface area contributed by atoms with Crippen molar-refractivity contribution in [2.75, 3.05) is 12.5 Å². The van der Waals surface area contributed by atoms with Gasteiger partial charge in [-0.25, -0.2) is 4.98 Å². The van der Waals surface area contributed by atoms with Gasteiger partial charge in [0.2, 0.25) is 5.88 Å². The van der Waals surface area contributed by atoms with Crippen molar-refractivity contribution < 1.29 is 4.74 Å². The van der Waals surface area contributed by atoms with Crippen LogP contribution < -0.4 is 16.0 Å². The Morgan fingerprint density at radius 3 is 2.75 bits per heavy atom. The molecule has 0 aliphatic heterocycles. The van der Waals surface area contributed by atoms with Crippen LogP contribution in [0.25, 0.3) is 11.3 Å². The second-order valence-corrected chi connectivity index (χ2v) is 3.16. The number of nitrogens with zero attached hydrogens (tertiary/aromatic N) is 2. The smallest absolute Gasteiger partial charge is 0.213 e. The zero-order valence-electron chi connectivity index (χ0n) is 8.84. The van der Waals surface area contributed by atoms with E-state index in [1.807, 2.05) is 18.2 Å². The topological polar surface area (TPSA) is 73.1 Å². The van der Waals surface area contributed by atoms with Crippen molar-refractivity contribution in [3.63, 3.8) is 0 Å². The summed E-state index contributed by atoms with van der Waals surface area (Å²) >= 11 is 0. The largest absolute Gasteiger partial charge is 0.481 e. The molecule has 2 heterocycles. The highest BCUT2D eigenvalue weighted by molar-refractivity contribution is 5.64. The number of hydrogen-bond donors (Lipinski definition) is 2. The molecular weight excluding hydrogens is 204 g/mol. The molecule has 5 heteroatoms. The predicted octanol–water partition coefficient (Wildman–Crippen LogP) is 1.44. The molecule has 0 aliphatic rings. The molecule has 0 amide bonds. The molecule has 0 aromatic carbocycles. The highest BCUT2D eigenvalue weighted by atomic mass is 16.5. The number of aromatic nitrogens is 2. The first-order chi connectivity index (χ1) is 7.83. The molecule has 0 atom stereocenters. The third-order valence-corrected chi connectivity index (χ3v) is 2.17. The molecule has 0 saturated heterocycles. The first-order valence-electron chi connectivity index (χ1n) is 4.76. The fourth-order valence-corrected chi connectivity index (χ4v) is 1.36. The Labute approximate surface area is 93.3 Å². The lowest BCUT2D eigenvalue weighted by Crippen LogP contribution is -2.06. The molecule has 0 spiro atoms. The Morgan fingerprint density at radius 1 is 1.19 bits per heavy atom. The summed E-state index contributed by atoms with van der Waals surface area (Å²) in [5, 5.41) is 0. The van der Waals surface area contributed by atoms with E-state index in [1.54, 1.807) is 25.6 Å². The highest BCUT2D eigenvalue weighted by Gasteiger charge is 2.02. The Balaban J connectivity index is 2.41. The number of anilines is 1. The van der Waals surface area contributed by atoms with E-state index in [4.69, 9.17) is 10.6 Å². The molecule has 0 bridgehead atoms. The summed E-state index contributed by atoms with van der Waals surface area (Å²) in [6.07, 6.45) is 3.37. The van der Waals surface area contributed by atoms with Crippen LogP contribution in [-0.2, 0) is 0 Å². The van der Waals surface area contributed by atoms with Crippen molar-refractivity contribution in [1.29, 1.82) is 0 Å². The minimum Gasteiger partial charge on any atom is -0.481 e. The van der Waals surface area contributed by atoms with Crippen molar-refractivity contribution in [1.82, 2.24) is 9.97 Å². The Bertz CT molecular complexity index is 441. The van der Waals surface area contributed by atoms with E-state index < -0.39 is 0 Å². The van der Waals surface area contributed by atoms with E-state index in [0.29, 0.717) is 5.88 Å². The first-order valence-corrected chi connectivity index (χ1v) is 4.76. The number of nitrogen functional groups attached to an aromatic ring is 1. The average molecular weight is 216 g/mol. The molecule has 16 heavy (non-hydrogen) atoms. The lowest BCUT2D eigenvalue weighted by atomic mass is 10.1. The van der Waals surface area contributed by atoms with Crippen LogP contribution in [0.15, 0.2) is 36.7 Å². The van der Waals surface area contributed by atoms with Crippen molar-refractivity contribution >= 4 is 5.69 Å². The quantitative estimate of drug-likeness (QED) is 0.600. The van der Waals surface area contributed by atoms with Crippen molar-refractivity contribution in [3.8, 4) is 17.1 Å². The van der Waals surface area contributed by atoms with Gasteiger partial charge < -0.3 is 10.2 Å². The summed E-state index contributed by atoms with van der Waals surface area (Å²) in [7, 11) is 1.58. The summed E-state index contributed by atoms with van der Waals surface area (Å²) in [4.78, 5) is 8.29. The van der Waals surface area contributed by atoms with Gasteiger partial charge in [0.1, 0.15) is 0 Å². The molecule has 5 nitrogen and oxygen atoms in total. The summed E-state index contributed by atoms with van der Waals surface area (Å²) < 4.78 is 5.05. The van der Waals surface area contributed by atoms with E-state index in [0.717, 1.165) is 16.9 Å². The Kier molecular flexibility index (Phi) is 2.98. The van der Waals surface area contributed by atoms with E-state index in [-0.39, 0.29) is 0 Å². The average Bonchev–Trinajstić information content (AvgIpc) is 2.39. The van der Waals surface area contributed by atoms with Gasteiger partial charge in [0.05, 0.1) is 18.5 Å². The molecule has 0 unspecified atom stereocenters. The lowest BCUT2D eigenvalue weighted by Gasteiger charge is -2.05. The Morgan fingerprint density at radius 2 is 2.00 bits per heavy atom. The number of hydrogen-bond acceptors (Lipinski definition) is 5. The van der Waals surface area contributed by atoms with E-state index in [1.165, 1.54) is 0 Å². The van der Waals surface area contributed by atoms with Crippen LogP contribution in [0.4, 0.5) is 5.69 Å². The SMILES string of the molecule is COc1cc(-c2cc(NN)ccn2)ccn1. The highest BCUT2D eigenvalue weighted by Crippen LogP contribution is 2.21. The van der Waals surface area contributed by atoms with Gasteiger partial charge in [0, 0.05) is 24.0 Å². The number of nitrogens with one attached hydrogen (secondary N) is 1.